The van der Waals surface area contributed by atoms with Crippen molar-refractivity contribution in [1.82, 2.24) is 9.78 Å². The van der Waals surface area contributed by atoms with Gasteiger partial charge in [-0.2, -0.15) is 5.10 Å². The Morgan fingerprint density at radius 2 is 2.13 bits per heavy atom. The van der Waals surface area contributed by atoms with Gasteiger partial charge in [0.05, 0.1) is 17.8 Å². The molecule has 0 aliphatic heterocycles. The lowest BCUT2D eigenvalue weighted by Crippen LogP contribution is -2.17. The van der Waals surface area contributed by atoms with Crippen LogP contribution in [0.15, 0.2) is 6.20 Å². The quantitative estimate of drug-likeness (QED) is 0.574. The Balaban J connectivity index is 2.24. The van der Waals surface area contributed by atoms with Crippen LogP contribution in [0.1, 0.15) is 49.4 Å². The number of hydrogen-bond acceptors (Lipinski definition) is 2. The minimum absolute atomic E-state index is 0.120. The van der Waals surface area contributed by atoms with E-state index in [-0.39, 0.29) is 5.84 Å². The third-order valence-electron chi connectivity index (χ3n) is 3.26. The van der Waals surface area contributed by atoms with Gasteiger partial charge >= 0.3 is 0 Å². The van der Waals surface area contributed by atoms with E-state index in [1.54, 1.807) is 6.20 Å². The SMILES string of the molecule is Cc1c(C(=N)N)cnn1C1CCCCC1. The zero-order chi connectivity index (χ0) is 10.8. The van der Waals surface area contributed by atoms with Crippen LogP contribution in [0.5, 0.6) is 0 Å². The average molecular weight is 206 g/mol. The largest absolute Gasteiger partial charge is 0.384 e. The van der Waals surface area contributed by atoms with E-state index >= 15 is 0 Å². The second-order valence-electron chi connectivity index (χ2n) is 4.29. The molecule has 1 aromatic rings. The highest BCUT2D eigenvalue weighted by atomic mass is 15.3. The predicted molar refractivity (Wildman–Crippen MR) is 60.1 cm³/mol. The average Bonchev–Trinajstić information content (AvgIpc) is 2.61. The molecule has 0 radical (unpaired) electrons. The summed E-state index contributed by atoms with van der Waals surface area (Å²) < 4.78 is 2.05. The Morgan fingerprint density at radius 3 is 2.67 bits per heavy atom. The summed E-state index contributed by atoms with van der Waals surface area (Å²) in [5.74, 6) is 0.120. The number of amidine groups is 1. The van der Waals surface area contributed by atoms with Gasteiger partial charge in [-0.3, -0.25) is 10.1 Å². The van der Waals surface area contributed by atoms with Crippen molar-refractivity contribution in [2.24, 2.45) is 5.73 Å². The first kappa shape index (κ1) is 10.2. The molecule has 15 heavy (non-hydrogen) atoms. The molecule has 0 atom stereocenters. The summed E-state index contributed by atoms with van der Waals surface area (Å²) in [6.45, 7) is 2.00. The fraction of sp³-hybridized carbons (Fsp3) is 0.636. The molecule has 1 aliphatic rings. The topological polar surface area (TPSA) is 67.7 Å². The molecule has 1 saturated carbocycles. The van der Waals surface area contributed by atoms with E-state index in [2.05, 4.69) is 9.78 Å². The van der Waals surface area contributed by atoms with Crippen LogP contribution in [0.25, 0.3) is 0 Å². The van der Waals surface area contributed by atoms with Crippen LogP contribution in [0.3, 0.4) is 0 Å². The molecular weight excluding hydrogens is 188 g/mol. The zero-order valence-corrected chi connectivity index (χ0v) is 9.16. The Labute approximate surface area is 90.0 Å². The molecule has 1 aliphatic carbocycles. The van der Waals surface area contributed by atoms with Gasteiger partial charge in [0.15, 0.2) is 0 Å². The van der Waals surface area contributed by atoms with Gasteiger partial charge in [-0.1, -0.05) is 19.3 Å². The molecule has 82 valence electrons. The van der Waals surface area contributed by atoms with E-state index in [1.165, 1.54) is 32.1 Å². The fourth-order valence-electron chi connectivity index (χ4n) is 2.38. The van der Waals surface area contributed by atoms with Gasteiger partial charge in [0.2, 0.25) is 0 Å². The van der Waals surface area contributed by atoms with E-state index in [0.717, 1.165) is 11.3 Å². The number of hydrogen-bond donors (Lipinski definition) is 2. The molecule has 4 nitrogen and oxygen atoms in total. The summed E-state index contributed by atoms with van der Waals surface area (Å²) in [6.07, 6.45) is 8.06. The van der Waals surface area contributed by atoms with E-state index < -0.39 is 0 Å². The lowest BCUT2D eigenvalue weighted by molar-refractivity contribution is 0.325. The first-order chi connectivity index (χ1) is 7.20. The second kappa shape index (κ2) is 4.04. The zero-order valence-electron chi connectivity index (χ0n) is 9.16. The van der Waals surface area contributed by atoms with E-state index in [0.29, 0.717) is 6.04 Å². The molecule has 4 heteroatoms. The molecule has 0 unspecified atom stereocenters. The van der Waals surface area contributed by atoms with Gasteiger partial charge in [-0.25, -0.2) is 0 Å². The second-order valence-corrected chi connectivity index (χ2v) is 4.29. The third-order valence-corrected chi connectivity index (χ3v) is 3.26. The monoisotopic (exact) mass is 206 g/mol. The molecule has 0 bridgehead atoms. The van der Waals surface area contributed by atoms with Crippen LogP contribution < -0.4 is 5.73 Å². The third kappa shape index (κ3) is 1.89. The van der Waals surface area contributed by atoms with Gasteiger partial charge in [-0.15, -0.1) is 0 Å². The number of nitrogens with two attached hydrogens (primary N) is 1. The Hall–Kier alpha value is -1.32. The van der Waals surface area contributed by atoms with Crippen molar-refractivity contribution in [3.8, 4) is 0 Å². The number of nitrogen functional groups attached to an aromatic ring is 1. The normalized spacial score (nSPS) is 17.9. The first-order valence-electron chi connectivity index (χ1n) is 5.58. The van der Waals surface area contributed by atoms with Crippen LogP contribution in [0.4, 0.5) is 0 Å². The van der Waals surface area contributed by atoms with Crippen molar-refractivity contribution in [2.45, 2.75) is 45.1 Å². The van der Waals surface area contributed by atoms with Crippen LogP contribution in [0.2, 0.25) is 0 Å². The summed E-state index contributed by atoms with van der Waals surface area (Å²) in [6, 6.07) is 0.520. The summed E-state index contributed by atoms with van der Waals surface area (Å²) in [7, 11) is 0. The molecule has 1 heterocycles. The maximum absolute atomic E-state index is 7.43. The van der Waals surface area contributed by atoms with E-state index in [1.807, 2.05) is 6.92 Å². The summed E-state index contributed by atoms with van der Waals surface area (Å²) in [5, 5.41) is 11.8. The summed E-state index contributed by atoms with van der Waals surface area (Å²) in [5.41, 5.74) is 7.30. The maximum Gasteiger partial charge on any atom is 0.126 e. The van der Waals surface area contributed by atoms with Crippen molar-refractivity contribution in [1.29, 1.82) is 5.41 Å². The van der Waals surface area contributed by atoms with E-state index in [4.69, 9.17) is 11.1 Å². The minimum Gasteiger partial charge on any atom is -0.384 e. The highest BCUT2D eigenvalue weighted by Gasteiger charge is 2.19. The summed E-state index contributed by atoms with van der Waals surface area (Å²) in [4.78, 5) is 0. The predicted octanol–water partition coefficient (Wildman–Crippen LogP) is 1.98. The molecule has 0 saturated heterocycles. The van der Waals surface area contributed by atoms with Crippen molar-refractivity contribution >= 4 is 5.84 Å². The lowest BCUT2D eigenvalue weighted by atomic mass is 9.95. The van der Waals surface area contributed by atoms with Gasteiger partial charge < -0.3 is 5.73 Å². The Kier molecular flexibility index (Phi) is 2.75. The smallest absolute Gasteiger partial charge is 0.126 e. The highest BCUT2D eigenvalue weighted by molar-refractivity contribution is 5.95. The van der Waals surface area contributed by atoms with Crippen molar-refractivity contribution in [3.63, 3.8) is 0 Å². The van der Waals surface area contributed by atoms with Gasteiger partial charge in [-0.05, 0) is 19.8 Å². The maximum atomic E-state index is 7.43. The van der Waals surface area contributed by atoms with Crippen molar-refractivity contribution in [2.75, 3.05) is 0 Å². The van der Waals surface area contributed by atoms with Gasteiger partial charge in [0.1, 0.15) is 5.84 Å². The van der Waals surface area contributed by atoms with Crippen LogP contribution in [-0.2, 0) is 0 Å². The summed E-state index contributed by atoms with van der Waals surface area (Å²) >= 11 is 0. The molecule has 2 rings (SSSR count). The van der Waals surface area contributed by atoms with Gasteiger partial charge in [0, 0.05) is 5.69 Å². The van der Waals surface area contributed by atoms with Crippen molar-refractivity contribution < 1.29 is 0 Å². The molecule has 1 aromatic heterocycles. The highest BCUT2D eigenvalue weighted by Crippen LogP contribution is 2.28. The molecule has 1 fully saturated rings. The molecule has 0 spiro atoms. The minimum atomic E-state index is 0.120. The number of aromatic nitrogens is 2. The first-order valence-corrected chi connectivity index (χ1v) is 5.58. The standard InChI is InChI=1S/C11H18N4/c1-8-10(11(12)13)7-14-15(8)9-5-3-2-4-6-9/h7,9H,2-6H2,1H3,(H3,12,13). The molecule has 0 amide bonds. The Bertz CT molecular complexity index is 361. The fourth-order valence-corrected chi connectivity index (χ4v) is 2.38. The van der Waals surface area contributed by atoms with Gasteiger partial charge in [0.25, 0.3) is 0 Å². The van der Waals surface area contributed by atoms with Crippen LogP contribution in [0, 0.1) is 12.3 Å². The van der Waals surface area contributed by atoms with Crippen LogP contribution in [-0.4, -0.2) is 15.6 Å². The molecule has 3 N–H and O–H groups in total. The number of rotatable bonds is 2. The van der Waals surface area contributed by atoms with Crippen LogP contribution >= 0.6 is 0 Å². The number of nitrogens with one attached hydrogen (secondary N) is 1. The van der Waals surface area contributed by atoms with E-state index in [9.17, 15) is 0 Å². The Morgan fingerprint density at radius 1 is 1.47 bits per heavy atom. The molecule has 0 aromatic carbocycles. The lowest BCUT2D eigenvalue weighted by Gasteiger charge is -2.23. The number of nitrogens with zero attached hydrogens (tertiary/aromatic N) is 2. The van der Waals surface area contributed by atoms with Crippen molar-refractivity contribution in [3.05, 3.63) is 17.5 Å². The molecular formula is C11H18N4.